The first-order chi connectivity index (χ1) is 9.31. The molecule has 0 N–H and O–H groups in total. The molecule has 0 aliphatic rings. The van der Waals surface area contributed by atoms with Crippen molar-refractivity contribution < 1.29 is 0 Å². The Labute approximate surface area is 111 Å². The molecule has 90 valence electrons. The van der Waals surface area contributed by atoms with E-state index in [1.807, 2.05) is 0 Å². The Morgan fingerprint density at radius 3 is 2.47 bits per heavy atom. The van der Waals surface area contributed by atoms with E-state index in [9.17, 15) is 0 Å². The van der Waals surface area contributed by atoms with Gasteiger partial charge in [-0.1, -0.05) is 42.5 Å². The fourth-order valence-electron chi connectivity index (χ4n) is 2.69. The first-order valence-corrected chi connectivity index (χ1v) is 6.50. The SMILES string of the molecule is Cc1ccc2cc3c(ccc4ccccc43)nc2c1. The lowest BCUT2D eigenvalue weighted by Gasteiger charge is -2.06. The second-order valence-corrected chi connectivity index (χ2v) is 5.04. The minimum atomic E-state index is 1.07. The molecule has 0 unspecified atom stereocenters. The van der Waals surface area contributed by atoms with Gasteiger partial charge in [0.25, 0.3) is 0 Å². The fourth-order valence-corrected chi connectivity index (χ4v) is 2.69. The molecule has 0 atom stereocenters. The molecule has 4 rings (SSSR count). The molecule has 3 aromatic carbocycles. The van der Waals surface area contributed by atoms with E-state index in [4.69, 9.17) is 4.98 Å². The summed E-state index contributed by atoms with van der Waals surface area (Å²) >= 11 is 0. The van der Waals surface area contributed by atoms with Gasteiger partial charge >= 0.3 is 0 Å². The van der Waals surface area contributed by atoms with Crippen LogP contribution in [0.4, 0.5) is 0 Å². The normalized spacial score (nSPS) is 11.4. The van der Waals surface area contributed by atoms with Gasteiger partial charge in [-0.3, -0.25) is 0 Å². The number of nitrogens with zero attached hydrogens (tertiary/aromatic N) is 1. The van der Waals surface area contributed by atoms with Crippen LogP contribution >= 0.6 is 0 Å². The van der Waals surface area contributed by atoms with Crippen molar-refractivity contribution in [1.29, 1.82) is 0 Å². The molecule has 0 bridgehead atoms. The number of benzene rings is 3. The summed E-state index contributed by atoms with van der Waals surface area (Å²) in [4.78, 5) is 4.79. The maximum Gasteiger partial charge on any atom is 0.0716 e. The van der Waals surface area contributed by atoms with Crippen molar-refractivity contribution >= 4 is 32.6 Å². The van der Waals surface area contributed by atoms with Crippen LogP contribution < -0.4 is 0 Å². The second kappa shape index (κ2) is 3.79. The molecule has 0 fully saturated rings. The van der Waals surface area contributed by atoms with E-state index in [-0.39, 0.29) is 0 Å². The molecule has 0 spiro atoms. The summed E-state index contributed by atoms with van der Waals surface area (Å²) < 4.78 is 0. The van der Waals surface area contributed by atoms with Crippen LogP contribution in [-0.2, 0) is 0 Å². The van der Waals surface area contributed by atoms with Crippen LogP contribution in [0.3, 0.4) is 0 Å². The third-order valence-corrected chi connectivity index (χ3v) is 3.67. The molecule has 0 saturated heterocycles. The minimum Gasteiger partial charge on any atom is -0.248 e. The number of hydrogen-bond acceptors (Lipinski definition) is 1. The van der Waals surface area contributed by atoms with E-state index in [2.05, 4.69) is 67.6 Å². The van der Waals surface area contributed by atoms with E-state index in [1.165, 1.54) is 27.1 Å². The van der Waals surface area contributed by atoms with Crippen molar-refractivity contribution in [3.05, 3.63) is 66.2 Å². The molecule has 0 aliphatic heterocycles. The van der Waals surface area contributed by atoms with Gasteiger partial charge in [0, 0.05) is 10.8 Å². The van der Waals surface area contributed by atoms with Gasteiger partial charge in [-0.25, -0.2) is 4.98 Å². The van der Waals surface area contributed by atoms with Crippen LogP contribution in [-0.4, -0.2) is 4.98 Å². The Bertz CT molecular complexity index is 922. The third kappa shape index (κ3) is 1.59. The molecule has 0 aliphatic carbocycles. The summed E-state index contributed by atoms with van der Waals surface area (Å²) in [7, 11) is 0. The predicted octanol–water partition coefficient (Wildman–Crippen LogP) is 4.85. The number of hydrogen-bond donors (Lipinski definition) is 0. The summed E-state index contributed by atoms with van der Waals surface area (Å²) in [6, 6.07) is 21.4. The summed E-state index contributed by atoms with van der Waals surface area (Å²) in [6.07, 6.45) is 0. The topological polar surface area (TPSA) is 12.9 Å². The van der Waals surface area contributed by atoms with Gasteiger partial charge in [-0.2, -0.15) is 0 Å². The lowest BCUT2D eigenvalue weighted by molar-refractivity contribution is 1.45. The molecule has 1 heterocycles. The van der Waals surface area contributed by atoms with Crippen LogP contribution in [0.2, 0.25) is 0 Å². The van der Waals surface area contributed by atoms with Crippen molar-refractivity contribution in [2.45, 2.75) is 6.92 Å². The predicted molar refractivity (Wildman–Crippen MR) is 81.5 cm³/mol. The van der Waals surface area contributed by atoms with Crippen LogP contribution in [0, 0.1) is 6.92 Å². The maximum absolute atomic E-state index is 4.79. The quantitative estimate of drug-likeness (QED) is 0.318. The number of aryl methyl sites for hydroxylation is 1. The zero-order chi connectivity index (χ0) is 12.8. The van der Waals surface area contributed by atoms with Gasteiger partial charge in [0.1, 0.15) is 0 Å². The van der Waals surface area contributed by atoms with Crippen LogP contribution in [0.5, 0.6) is 0 Å². The summed E-state index contributed by atoms with van der Waals surface area (Å²) in [5, 5.41) is 4.97. The van der Waals surface area contributed by atoms with Crippen LogP contribution in [0.25, 0.3) is 32.6 Å². The molecule has 19 heavy (non-hydrogen) atoms. The molecule has 0 amide bonds. The van der Waals surface area contributed by atoms with E-state index in [0.717, 1.165) is 11.0 Å². The summed E-state index contributed by atoms with van der Waals surface area (Å²) in [6.45, 7) is 2.10. The average Bonchev–Trinajstić information content (AvgIpc) is 2.45. The van der Waals surface area contributed by atoms with Gasteiger partial charge in [-0.05, 0) is 41.5 Å². The number of rotatable bonds is 0. The van der Waals surface area contributed by atoms with Crippen molar-refractivity contribution in [2.24, 2.45) is 0 Å². The molecule has 1 heteroatoms. The van der Waals surface area contributed by atoms with Crippen molar-refractivity contribution in [2.75, 3.05) is 0 Å². The van der Waals surface area contributed by atoms with Crippen LogP contribution in [0.1, 0.15) is 5.56 Å². The Kier molecular flexibility index (Phi) is 2.10. The molecule has 4 aromatic rings. The Morgan fingerprint density at radius 2 is 1.53 bits per heavy atom. The highest BCUT2D eigenvalue weighted by atomic mass is 14.7. The summed E-state index contributed by atoms with van der Waals surface area (Å²) in [5.41, 5.74) is 3.39. The fraction of sp³-hybridized carbons (Fsp3) is 0.0556. The van der Waals surface area contributed by atoms with E-state index >= 15 is 0 Å². The third-order valence-electron chi connectivity index (χ3n) is 3.67. The smallest absolute Gasteiger partial charge is 0.0716 e. The molecular formula is C18H13N. The zero-order valence-electron chi connectivity index (χ0n) is 10.7. The second-order valence-electron chi connectivity index (χ2n) is 5.04. The number of aromatic nitrogens is 1. The molecule has 0 radical (unpaired) electrons. The molecule has 1 aromatic heterocycles. The molecule has 0 saturated carbocycles. The monoisotopic (exact) mass is 243 g/mol. The Hall–Kier alpha value is -2.41. The highest BCUT2D eigenvalue weighted by Gasteiger charge is 2.03. The van der Waals surface area contributed by atoms with Gasteiger partial charge < -0.3 is 0 Å². The Balaban J connectivity index is 2.22. The van der Waals surface area contributed by atoms with Crippen molar-refractivity contribution in [1.82, 2.24) is 4.98 Å². The first kappa shape index (κ1) is 10.5. The average molecular weight is 243 g/mol. The van der Waals surface area contributed by atoms with E-state index in [0.29, 0.717) is 0 Å². The van der Waals surface area contributed by atoms with E-state index in [1.54, 1.807) is 0 Å². The van der Waals surface area contributed by atoms with E-state index < -0.39 is 0 Å². The summed E-state index contributed by atoms with van der Waals surface area (Å²) in [5.74, 6) is 0. The minimum absolute atomic E-state index is 1.07. The standard InChI is InChI=1S/C18H13N/c1-12-6-7-14-11-16-15-5-3-2-4-13(15)8-9-17(16)19-18(14)10-12/h2-11H,1H3. The highest BCUT2D eigenvalue weighted by molar-refractivity contribution is 6.09. The first-order valence-electron chi connectivity index (χ1n) is 6.50. The van der Waals surface area contributed by atoms with Crippen molar-refractivity contribution in [3.63, 3.8) is 0 Å². The molecule has 1 nitrogen and oxygen atoms in total. The zero-order valence-corrected chi connectivity index (χ0v) is 10.7. The van der Waals surface area contributed by atoms with Crippen LogP contribution in [0.15, 0.2) is 60.7 Å². The lowest BCUT2D eigenvalue weighted by Crippen LogP contribution is -1.85. The number of fused-ring (bicyclic) bond motifs is 4. The van der Waals surface area contributed by atoms with Gasteiger partial charge in [0.15, 0.2) is 0 Å². The number of pyridine rings is 1. The van der Waals surface area contributed by atoms with Gasteiger partial charge in [-0.15, -0.1) is 0 Å². The lowest BCUT2D eigenvalue weighted by atomic mass is 10.0. The van der Waals surface area contributed by atoms with Gasteiger partial charge in [0.05, 0.1) is 11.0 Å². The highest BCUT2D eigenvalue weighted by Crippen LogP contribution is 2.27. The largest absolute Gasteiger partial charge is 0.248 e. The maximum atomic E-state index is 4.79. The van der Waals surface area contributed by atoms with Gasteiger partial charge in [0.2, 0.25) is 0 Å². The molecular weight excluding hydrogens is 230 g/mol. The Morgan fingerprint density at radius 1 is 0.684 bits per heavy atom. The van der Waals surface area contributed by atoms with Crippen molar-refractivity contribution in [3.8, 4) is 0 Å².